The fourth-order valence-corrected chi connectivity index (χ4v) is 9.06. The Morgan fingerprint density at radius 2 is 0.845 bits per heavy atom. The molecule has 0 bridgehead atoms. The van der Waals surface area contributed by atoms with Crippen molar-refractivity contribution in [2.45, 2.75) is 0 Å². The summed E-state index contributed by atoms with van der Waals surface area (Å²) in [4.78, 5) is 10.5. The van der Waals surface area contributed by atoms with E-state index in [0.29, 0.717) is 5.82 Å². The maximum Gasteiger partial charge on any atom is 0.160 e. The fraction of sp³-hybridized carbons (Fsp3) is 0. The van der Waals surface area contributed by atoms with Crippen LogP contribution in [-0.4, -0.2) is 19.1 Å². The Morgan fingerprint density at radius 1 is 0.310 bits per heavy atom. The minimum absolute atomic E-state index is 0.704. The maximum atomic E-state index is 5.32. The van der Waals surface area contributed by atoms with Gasteiger partial charge in [0.15, 0.2) is 5.82 Å². The highest BCUT2D eigenvalue weighted by molar-refractivity contribution is 6.14. The van der Waals surface area contributed by atoms with Crippen LogP contribution in [0.15, 0.2) is 206 Å². The molecule has 4 heteroatoms. The van der Waals surface area contributed by atoms with Crippen molar-refractivity contribution in [3.8, 4) is 45.1 Å². The van der Waals surface area contributed by atoms with E-state index in [1.807, 2.05) is 0 Å². The van der Waals surface area contributed by atoms with Gasteiger partial charge in [0.1, 0.15) is 0 Å². The highest BCUT2D eigenvalue weighted by Gasteiger charge is 2.18. The number of para-hydroxylation sites is 3. The first-order chi connectivity index (χ1) is 28.8. The molecule has 12 aromatic rings. The van der Waals surface area contributed by atoms with Crippen molar-refractivity contribution in [2.75, 3.05) is 0 Å². The number of aromatic nitrogens is 4. The van der Waals surface area contributed by atoms with E-state index in [9.17, 15) is 0 Å². The third-order valence-corrected chi connectivity index (χ3v) is 11.7. The number of hydrogen-bond acceptors (Lipinski definition) is 2. The fourth-order valence-electron chi connectivity index (χ4n) is 9.06. The van der Waals surface area contributed by atoms with Gasteiger partial charge in [0.25, 0.3) is 0 Å². The molecular formula is C54H34N4. The summed E-state index contributed by atoms with van der Waals surface area (Å²) >= 11 is 0. The summed E-state index contributed by atoms with van der Waals surface area (Å²) in [6.07, 6.45) is 0. The van der Waals surface area contributed by atoms with Crippen LogP contribution in [0.2, 0.25) is 0 Å². The molecule has 0 aliphatic heterocycles. The standard InChI is InChI=1S/C54H34N4/c1-3-15-36(16-4-1)53-52-42-21-8-7-14-35(42)26-29-47(52)55-54(56-53)39-17-13-20-41(32-39)58-49-25-12-10-23-44(49)46-34-38(28-31-51(46)58)37-27-30-50-45(33-37)43-22-9-11-24-48(43)57(50)40-18-5-2-6-19-40/h1-34H. The molecule has 0 fully saturated rings. The summed E-state index contributed by atoms with van der Waals surface area (Å²) in [5.41, 5.74) is 13.2. The molecule has 0 radical (unpaired) electrons. The Morgan fingerprint density at radius 3 is 1.53 bits per heavy atom. The lowest BCUT2D eigenvalue weighted by Gasteiger charge is -2.13. The molecular weight excluding hydrogens is 705 g/mol. The summed E-state index contributed by atoms with van der Waals surface area (Å²) in [6.45, 7) is 0. The molecule has 0 saturated heterocycles. The predicted octanol–water partition coefficient (Wildman–Crippen LogP) is 14.0. The Labute approximate surface area is 334 Å². The molecule has 0 spiro atoms. The highest BCUT2D eigenvalue weighted by atomic mass is 15.0. The topological polar surface area (TPSA) is 35.6 Å². The van der Waals surface area contributed by atoms with Crippen molar-refractivity contribution in [1.82, 2.24) is 19.1 Å². The first-order valence-corrected chi connectivity index (χ1v) is 19.7. The van der Waals surface area contributed by atoms with Crippen LogP contribution in [0.5, 0.6) is 0 Å². The summed E-state index contributed by atoms with van der Waals surface area (Å²) in [5.74, 6) is 0.704. The normalized spacial score (nSPS) is 11.8. The van der Waals surface area contributed by atoms with Crippen molar-refractivity contribution in [3.63, 3.8) is 0 Å². The third-order valence-electron chi connectivity index (χ3n) is 11.7. The van der Waals surface area contributed by atoms with Gasteiger partial charge in [-0.05, 0) is 88.6 Å². The minimum atomic E-state index is 0.704. The molecule has 270 valence electrons. The van der Waals surface area contributed by atoms with Crippen molar-refractivity contribution < 1.29 is 0 Å². The third kappa shape index (κ3) is 5.02. The molecule has 58 heavy (non-hydrogen) atoms. The zero-order valence-corrected chi connectivity index (χ0v) is 31.4. The summed E-state index contributed by atoms with van der Waals surface area (Å²) in [5, 5.41) is 8.33. The van der Waals surface area contributed by atoms with Crippen LogP contribution in [0.4, 0.5) is 0 Å². The molecule has 3 aromatic heterocycles. The zero-order chi connectivity index (χ0) is 38.2. The Kier molecular flexibility index (Phi) is 7.20. The van der Waals surface area contributed by atoms with Gasteiger partial charge in [-0.3, -0.25) is 0 Å². The smallest absolute Gasteiger partial charge is 0.160 e. The second-order valence-corrected chi connectivity index (χ2v) is 15.0. The van der Waals surface area contributed by atoms with E-state index in [4.69, 9.17) is 9.97 Å². The Balaban J connectivity index is 1.01. The average molecular weight is 739 g/mol. The van der Waals surface area contributed by atoms with E-state index in [1.165, 1.54) is 49.1 Å². The van der Waals surface area contributed by atoms with E-state index >= 15 is 0 Å². The van der Waals surface area contributed by atoms with Gasteiger partial charge in [0.05, 0.1) is 33.3 Å². The quantitative estimate of drug-likeness (QED) is 0.165. The number of hydrogen-bond donors (Lipinski definition) is 0. The molecule has 0 atom stereocenters. The van der Waals surface area contributed by atoms with Gasteiger partial charge in [-0.25, -0.2) is 9.97 Å². The lowest BCUT2D eigenvalue weighted by molar-refractivity contribution is 1.17. The van der Waals surface area contributed by atoms with Crippen LogP contribution >= 0.6 is 0 Å². The van der Waals surface area contributed by atoms with Crippen LogP contribution < -0.4 is 0 Å². The van der Waals surface area contributed by atoms with Crippen LogP contribution in [0.1, 0.15) is 0 Å². The summed E-state index contributed by atoms with van der Waals surface area (Å²) < 4.78 is 4.74. The van der Waals surface area contributed by atoms with Crippen LogP contribution in [-0.2, 0) is 0 Å². The number of benzene rings is 9. The van der Waals surface area contributed by atoms with Gasteiger partial charge in [0, 0.05) is 49.4 Å². The lowest BCUT2D eigenvalue weighted by Crippen LogP contribution is -1.98. The minimum Gasteiger partial charge on any atom is -0.309 e. The first kappa shape index (κ1) is 32.4. The predicted molar refractivity (Wildman–Crippen MR) is 242 cm³/mol. The summed E-state index contributed by atoms with van der Waals surface area (Å²) in [6, 6.07) is 73.8. The van der Waals surface area contributed by atoms with Gasteiger partial charge < -0.3 is 9.13 Å². The van der Waals surface area contributed by atoms with Gasteiger partial charge in [-0.1, -0.05) is 140 Å². The molecule has 0 amide bonds. The van der Waals surface area contributed by atoms with Crippen molar-refractivity contribution in [2.24, 2.45) is 0 Å². The van der Waals surface area contributed by atoms with Gasteiger partial charge in [-0.2, -0.15) is 0 Å². The Bertz CT molecular complexity index is 3560. The zero-order valence-electron chi connectivity index (χ0n) is 31.4. The molecule has 0 aliphatic rings. The van der Waals surface area contributed by atoms with E-state index in [-0.39, 0.29) is 0 Å². The number of nitrogens with zero attached hydrogens (tertiary/aromatic N) is 4. The molecule has 3 heterocycles. The lowest BCUT2D eigenvalue weighted by atomic mass is 9.99. The molecule has 12 rings (SSSR count). The molecule has 4 nitrogen and oxygen atoms in total. The average Bonchev–Trinajstić information content (AvgIpc) is 3.81. The number of rotatable bonds is 5. The molecule has 0 N–H and O–H groups in total. The van der Waals surface area contributed by atoms with Crippen molar-refractivity contribution >= 4 is 65.3 Å². The molecule has 0 aliphatic carbocycles. The van der Waals surface area contributed by atoms with E-state index in [1.54, 1.807) is 0 Å². The highest BCUT2D eigenvalue weighted by Crippen LogP contribution is 2.39. The van der Waals surface area contributed by atoms with Gasteiger partial charge in [-0.15, -0.1) is 0 Å². The second kappa shape index (κ2) is 12.9. The van der Waals surface area contributed by atoms with Crippen LogP contribution in [0.3, 0.4) is 0 Å². The van der Waals surface area contributed by atoms with E-state index in [2.05, 4.69) is 215 Å². The van der Waals surface area contributed by atoms with Crippen LogP contribution in [0.25, 0.3) is 110 Å². The largest absolute Gasteiger partial charge is 0.309 e. The second-order valence-electron chi connectivity index (χ2n) is 15.0. The SMILES string of the molecule is c1ccc(-c2nc(-c3cccc(-n4c5ccccc5c5cc(-c6ccc7c(c6)c6ccccc6n7-c6ccccc6)ccc54)c3)nc3ccc4ccccc4c23)cc1. The maximum absolute atomic E-state index is 5.32. The number of fused-ring (bicyclic) bond motifs is 9. The Hall–Kier alpha value is -7.82. The van der Waals surface area contributed by atoms with Crippen molar-refractivity contribution in [1.29, 1.82) is 0 Å². The summed E-state index contributed by atoms with van der Waals surface area (Å²) in [7, 11) is 0. The van der Waals surface area contributed by atoms with Gasteiger partial charge in [0.2, 0.25) is 0 Å². The van der Waals surface area contributed by atoms with E-state index < -0.39 is 0 Å². The first-order valence-electron chi connectivity index (χ1n) is 19.7. The molecule has 0 saturated carbocycles. The van der Waals surface area contributed by atoms with Gasteiger partial charge >= 0.3 is 0 Å². The molecule has 9 aromatic carbocycles. The van der Waals surface area contributed by atoms with Crippen molar-refractivity contribution in [3.05, 3.63) is 206 Å². The van der Waals surface area contributed by atoms with E-state index in [0.717, 1.165) is 55.5 Å². The van der Waals surface area contributed by atoms with Crippen LogP contribution in [0, 0.1) is 0 Å². The monoisotopic (exact) mass is 738 g/mol. The molecule has 0 unspecified atom stereocenters.